The summed E-state index contributed by atoms with van der Waals surface area (Å²) in [4.78, 5) is 0. The SMILES string of the molecule is Cc1ccc(OCC(CN)c2cccc(O)c2)cc1. The number of hydrogen-bond acceptors (Lipinski definition) is 3. The lowest BCUT2D eigenvalue weighted by atomic mass is 10.00. The minimum atomic E-state index is 0.0772. The number of phenolic OH excluding ortho intramolecular Hbond substituents is 1. The van der Waals surface area contributed by atoms with Gasteiger partial charge in [0.05, 0.1) is 6.61 Å². The van der Waals surface area contributed by atoms with Gasteiger partial charge in [-0.05, 0) is 36.8 Å². The standard InChI is InChI=1S/C16H19NO2/c1-12-5-7-16(8-6-12)19-11-14(10-17)13-3-2-4-15(18)9-13/h2-9,14,18H,10-11,17H2,1H3. The predicted molar refractivity (Wildman–Crippen MR) is 76.6 cm³/mol. The Balaban J connectivity index is 2.01. The number of ether oxygens (including phenoxy) is 1. The van der Waals surface area contributed by atoms with Gasteiger partial charge in [0.15, 0.2) is 0 Å². The number of hydrogen-bond donors (Lipinski definition) is 2. The van der Waals surface area contributed by atoms with Crippen LogP contribution in [0.3, 0.4) is 0 Å². The second kappa shape index (κ2) is 6.25. The quantitative estimate of drug-likeness (QED) is 0.866. The zero-order valence-corrected chi connectivity index (χ0v) is 11.0. The lowest BCUT2D eigenvalue weighted by molar-refractivity contribution is 0.290. The van der Waals surface area contributed by atoms with Crippen LogP contribution in [0, 0.1) is 6.92 Å². The third-order valence-electron chi connectivity index (χ3n) is 3.10. The molecule has 0 heterocycles. The Kier molecular flexibility index (Phi) is 4.42. The van der Waals surface area contributed by atoms with Crippen LogP contribution in [0.5, 0.6) is 11.5 Å². The molecule has 3 heteroatoms. The average molecular weight is 257 g/mol. The third kappa shape index (κ3) is 3.73. The van der Waals surface area contributed by atoms with Crippen molar-refractivity contribution in [1.29, 1.82) is 0 Å². The Hall–Kier alpha value is -2.00. The topological polar surface area (TPSA) is 55.5 Å². The van der Waals surface area contributed by atoms with Crippen molar-refractivity contribution in [1.82, 2.24) is 0 Å². The van der Waals surface area contributed by atoms with Gasteiger partial charge in [0.2, 0.25) is 0 Å². The predicted octanol–water partition coefficient (Wildman–Crippen LogP) is 2.82. The molecule has 2 aromatic rings. The molecule has 1 atom stereocenters. The molecule has 3 N–H and O–H groups in total. The Morgan fingerprint density at radius 1 is 1.16 bits per heavy atom. The molecule has 0 aliphatic heterocycles. The van der Waals surface area contributed by atoms with E-state index in [0.717, 1.165) is 11.3 Å². The second-order valence-corrected chi connectivity index (χ2v) is 4.65. The molecule has 0 aromatic heterocycles. The fourth-order valence-electron chi connectivity index (χ4n) is 1.91. The fraction of sp³-hybridized carbons (Fsp3) is 0.250. The molecular weight excluding hydrogens is 238 g/mol. The summed E-state index contributed by atoms with van der Waals surface area (Å²) in [5, 5.41) is 9.49. The molecular formula is C16H19NO2. The number of benzene rings is 2. The lowest BCUT2D eigenvalue weighted by Crippen LogP contribution is -2.19. The van der Waals surface area contributed by atoms with Gasteiger partial charge in [-0.2, -0.15) is 0 Å². The van der Waals surface area contributed by atoms with Gasteiger partial charge in [0, 0.05) is 12.5 Å². The summed E-state index contributed by atoms with van der Waals surface area (Å²) in [5.74, 6) is 1.17. The molecule has 2 rings (SSSR count). The van der Waals surface area contributed by atoms with Crippen molar-refractivity contribution in [3.63, 3.8) is 0 Å². The van der Waals surface area contributed by atoms with Gasteiger partial charge < -0.3 is 15.6 Å². The molecule has 0 spiro atoms. The molecule has 0 saturated heterocycles. The summed E-state index contributed by atoms with van der Waals surface area (Å²) in [6.07, 6.45) is 0. The van der Waals surface area contributed by atoms with Gasteiger partial charge in [-0.3, -0.25) is 0 Å². The van der Waals surface area contributed by atoms with Crippen LogP contribution in [0.15, 0.2) is 48.5 Å². The average Bonchev–Trinajstić information content (AvgIpc) is 2.42. The summed E-state index contributed by atoms with van der Waals surface area (Å²) >= 11 is 0. The fourth-order valence-corrected chi connectivity index (χ4v) is 1.91. The molecule has 0 saturated carbocycles. The number of aromatic hydroxyl groups is 1. The van der Waals surface area contributed by atoms with Crippen LogP contribution in [0.1, 0.15) is 17.0 Å². The van der Waals surface area contributed by atoms with E-state index in [9.17, 15) is 5.11 Å². The summed E-state index contributed by atoms with van der Waals surface area (Å²) in [7, 11) is 0. The molecule has 0 aliphatic rings. The van der Waals surface area contributed by atoms with Crippen molar-refractivity contribution >= 4 is 0 Å². The van der Waals surface area contributed by atoms with Crippen molar-refractivity contribution in [3.05, 3.63) is 59.7 Å². The number of nitrogens with two attached hydrogens (primary N) is 1. The molecule has 3 nitrogen and oxygen atoms in total. The third-order valence-corrected chi connectivity index (χ3v) is 3.10. The largest absolute Gasteiger partial charge is 0.508 e. The van der Waals surface area contributed by atoms with E-state index in [4.69, 9.17) is 10.5 Å². The smallest absolute Gasteiger partial charge is 0.119 e. The van der Waals surface area contributed by atoms with Crippen molar-refractivity contribution in [2.75, 3.05) is 13.2 Å². The van der Waals surface area contributed by atoms with E-state index in [0.29, 0.717) is 13.2 Å². The van der Waals surface area contributed by atoms with Crippen molar-refractivity contribution in [3.8, 4) is 11.5 Å². The first kappa shape index (κ1) is 13.4. The van der Waals surface area contributed by atoms with Gasteiger partial charge in [-0.25, -0.2) is 0 Å². The molecule has 1 unspecified atom stereocenters. The number of phenols is 1. The van der Waals surface area contributed by atoms with E-state index < -0.39 is 0 Å². The zero-order chi connectivity index (χ0) is 13.7. The molecule has 19 heavy (non-hydrogen) atoms. The van der Waals surface area contributed by atoms with Gasteiger partial charge >= 0.3 is 0 Å². The van der Waals surface area contributed by atoms with Crippen LogP contribution in [0.25, 0.3) is 0 Å². The van der Waals surface area contributed by atoms with Crippen molar-refractivity contribution < 1.29 is 9.84 Å². The first-order chi connectivity index (χ1) is 9.19. The van der Waals surface area contributed by atoms with E-state index in [-0.39, 0.29) is 11.7 Å². The van der Waals surface area contributed by atoms with E-state index >= 15 is 0 Å². The highest BCUT2D eigenvalue weighted by Gasteiger charge is 2.11. The van der Waals surface area contributed by atoms with Gasteiger partial charge in [0.1, 0.15) is 11.5 Å². The Bertz CT molecular complexity index is 523. The van der Waals surface area contributed by atoms with Gasteiger partial charge in [-0.15, -0.1) is 0 Å². The van der Waals surface area contributed by atoms with Crippen LogP contribution in [0.2, 0.25) is 0 Å². The van der Waals surface area contributed by atoms with Crippen LogP contribution < -0.4 is 10.5 Å². The molecule has 0 fully saturated rings. The normalized spacial score (nSPS) is 12.1. The molecule has 0 amide bonds. The molecule has 0 aliphatic carbocycles. The molecule has 2 aromatic carbocycles. The first-order valence-electron chi connectivity index (χ1n) is 6.37. The Morgan fingerprint density at radius 3 is 2.53 bits per heavy atom. The molecule has 100 valence electrons. The first-order valence-corrected chi connectivity index (χ1v) is 6.37. The maximum Gasteiger partial charge on any atom is 0.119 e. The summed E-state index contributed by atoms with van der Waals surface area (Å²) in [6, 6.07) is 15.1. The summed E-state index contributed by atoms with van der Waals surface area (Å²) in [5.41, 5.74) is 7.98. The van der Waals surface area contributed by atoms with Crippen LogP contribution in [-0.4, -0.2) is 18.3 Å². The van der Waals surface area contributed by atoms with E-state index in [1.165, 1.54) is 5.56 Å². The van der Waals surface area contributed by atoms with E-state index in [2.05, 4.69) is 0 Å². The monoisotopic (exact) mass is 257 g/mol. The van der Waals surface area contributed by atoms with E-state index in [1.807, 2.05) is 43.3 Å². The van der Waals surface area contributed by atoms with Gasteiger partial charge in [-0.1, -0.05) is 29.8 Å². The minimum absolute atomic E-state index is 0.0772. The second-order valence-electron chi connectivity index (χ2n) is 4.65. The van der Waals surface area contributed by atoms with Crippen molar-refractivity contribution in [2.24, 2.45) is 5.73 Å². The highest BCUT2D eigenvalue weighted by molar-refractivity contribution is 5.31. The summed E-state index contributed by atoms with van der Waals surface area (Å²) < 4.78 is 5.75. The van der Waals surface area contributed by atoms with Gasteiger partial charge in [0.25, 0.3) is 0 Å². The highest BCUT2D eigenvalue weighted by Crippen LogP contribution is 2.21. The van der Waals surface area contributed by atoms with Crippen molar-refractivity contribution in [2.45, 2.75) is 12.8 Å². The highest BCUT2D eigenvalue weighted by atomic mass is 16.5. The van der Waals surface area contributed by atoms with E-state index in [1.54, 1.807) is 12.1 Å². The van der Waals surface area contributed by atoms with Crippen LogP contribution >= 0.6 is 0 Å². The Labute approximate surface area is 113 Å². The number of rotatable bonds is 5. The lowest BCUT2D eigenvalue weighted by Gasteiger charge is -2.16. The minimum Gasteiger partial charge on any atom is -0.508 e. The number of aryl methyl sites for hydroxylation is 1. The van der Waals surface area contributed by atoms with Crippen LogP contribution in [-0.2, 0) is 0 Å². The maximum atomic E-state index is 9.49. The Morgan fingerprint density at radius 2 is 1.89 bits per heavy atom. The maximum absolute atomic E-state index is 9.49. The molecule has 0 bridgehead atoms. The van der Waals surface area contributed by atoms with Crippen LogP contribution in [0.4, 0.5) is 0 Å². The molecule has 0 radical (unpaired) electrons. The zero-order valence-electron chi connectivity index (χ0n) is 11.0. The summed E-state index contributed by atoms with van der Waals surface area (Å²) in [6.45, 7) is 3.03.